The molecule has 1 heterocycles. The Morgan fingerprint density at radius 1 is 1.19 bits per heavy atom. The zero-order chi connectivity index (χ0) is 23.3. The van der Waals surface area contributed by atoms with E-state index in [0.29, 0.717) is 31.9 Å². The molecule has 32 heavy (non-hydrogen) atoms. The minimum absolute atomic E-state index is 0.0749. The predicted molar refractivity (Wildman–Crippen MR) is 124 cm³/mol. The van der Waals surface area contributed by atoms with Crippen molar-refractivity contribution in [3.8, 4) is 5.75 Å². The second-order valence-electron chi connectivity index (χ2n) is 6.56. The van der Waals surface area contributed by atoms with E-state index < -0.39 is 11.9 Å². The molecule has 0 aliphatic rings. The number of hydrogen-bond acceptors (Lipinski definition) is 6. The summed E-state index contributed by atoms with van der Waals surface area (Å²) >= 11 is 13.6. The molecule has 0 aliphatic carbocycles. The largest absolute Gasteiger partial charge is 0.507 e. The molecule has 3 aromatic rings. The average molecular weight is 493 g/mol. The number of thioether (sulfide) groups is 1. The lowest BCUT2D eigenvalue weighted by atomic mass is 10.2. The Kier molecular flexibility index (Phi) is 7.79. The number of hydrogen-bond donors (Lipinski definition) is 3. The standard InChI is InChI=1S/C21H18Cl2N4O4S/c1-12-14(9-24-25-20(31)13-5-2-3-8-18(13)28)21(32-11-19(29)30)27(26-12)10-15-16(22)6-4-7-17(15)23/h2-9,28H,10-11H2,1H3,(H,25,31)(H,29,30)/b24-9-. The van der Waals surface area contributed by atoms with Crippen LogP contribution >= 0.6 is 35.0 Å². The molecule has 8 nitrogen and oxygen atoms in total. The van der Waals surface area contributed by atoms with Gasteiger partial charge in [-0.3, -0.25) is 14.3 Å². The maximum Gasteiger partial charge on any atom is 0.313 e. The van der Waals surface area contributed by atoms with Crippen molar-refractivity contribution in [1.82, 2.24) is 15.2 Å². The van der Waals surface area contributed by atoms with E-state index in [4.69, 9.17) is 28.3 Å². The number of carboxylic acids is 1. The van der Waals surface area contributed by atoms with Crippen LogP contribution in [0.4, 0.5) is 0 Å². The molecule has 0 unspecified atom stereocenters. The number of carbonyl (C=O) groups is 2. The number of benzene rings is 2. The fourth-order valence-corrected chi connectivity index (χ4v) is 4.21. The number of rotatable bonds is 8. The first kappa shape index (κ1) is 23.6. The molecule has 1 aromatic heterocycles. The van der Waals surface area contributed by atoms with Crippen LogP contribution in [0.2, 0.25) is 10.0 Å². The third-order valence-corrected chi connectivity index (χ3v) is 6.14. The Labute approximate surface area is 197 Å². The zero-order valence-corrected chi connectivity index (χ0v) is 19.1. The van der Waals surface area contributed by atoms with Gasteiger partial charge in [-0.15, -0.1) is 0 Å². The summed E-state index contributed by atoms with van der Waals surface area (Å²) in [5.41, 5.74) is 4.18. The van der Waals surface area contributed by atoms with Gasteiger partial charge in [0.05, 0.1) is 29.8 Å². The number of nitrogens with one attached hydrogen (secondary N) is 1. The van der Waals surface area contributed by atoms with Crippen LogP contribution in [-0.2, 0) is 11.3 Å². The number of phenols is 1. The molecule has 0 saturated heterocycles. The first-order valence-electron chi connectivity index (χ1n) is 9.24. The van der Waals surface area contributed by atoms with Crippen molar-refractivity contribution < 1.29 is 19.8 Å². The lowest BCUT2D eigenvalue weighted by molar-refractivity contribution is -0.133. The molecule has 1 amide bonds. The lowest BCUT2D eigenvalue weighted by Gasteiger charge is -2.10. The first-order chi connectivity index (χ1) is 15.3. The summed E-state index contributed by atoms with van der Waals surface area (Å²) in [5, 5.41) is 28.8. The molecule has 3 N–H and O–H groups in total. The van der Waals surface area contributed by atoms with Gasteiger partial charge in [0.2, 0.25) is 0 Å². The number of aryl methyl sites for hydroxylation is 1. The van der Waals surface area contributed by atoms with E-state index in [-0.39, 0.29) is 23.6 Å². The van der Waals surface area contributed by atoms with Crippen molar-refractivity contribution in [3.05, 3.63) is 74.9 Å². The van der Waals surface area contributed by atoms with E-state index in [1.54, 1.807) is 41.9 Å². The highest BCUT2D eigenvalue weighted by Gasteiger charge is 2.18. The summed E-state index contributed by atoms with van der Waals surface area (Å²) in [5.74, 6) is -1.95. The van der Waals surface area contributed by atoms with Crippen molar-refractivity contribution in [2.75, 3.05) is 5.75 Å². The molecule has 0 atom stereocenters. The highest BCUT2D eigenvalue weighted by molar-refractivity contribution is 8.00. The number of phenolic OH excluding ortho intramolecular Hbond substituents is 1. The number of carbonyl (C=O) groups excluding carboxylic acids is 1. The normalized spacial score (nSPS) is 11.1. The quantitative estimate of drug-likeness (QED) is 0.246. The number of nitrogens with zero attached hydrogens (tertiary/aromatic N) is 3. The fraction of sp³-hybridized carbons (Fsp3) is 0.143. The number of para-hydroxylation sites is 1. The van der Waals surface area contributed by atoms with Crippen LogP contribution in [-0.4, -0.2) is 43.8 Å². The monoisotopic (exact) mass is 492 g/mol. The van der Waals surface area contributed by atoms with Crippen LogP contribution in [0.15, 0.2) is 52.6 Å². The van der Waals surface area contributed by atoms with Gasteiger partial charge in [0.25, 0.3) is 5.91 Å². The van der Waals surface area contributed by atoms with Crippen LogP contribution in [0.5, 0.6) is 5.75 Å². The minimum atomic E-state index is -0.994. The maximum absolute atomic E-state index is 12.2. The van der Waals surface area contributed by atoms with Gasteiger partial charge < -0.3 is 10.2 Å². The highest BCUT2D eigenvalue weighted by Crippen LogP contribution is 2.29. The maximum atomic E-state index is 12.2. The van der Waals surface area contributed by atoms with Crippen molar-refractivity contribution in [2.24, 2.45) is 5.10 Å². The number of aromatic nitrogens is 2. The van der Waals surface area contributed by atoms with Gasteiger partial charge in [-0.05, 0) is 31.2 Å². The van der Waals surface area contributed by atoms with Crippen LogP contribution in [0.3, 0.4) is 0 Å². The van der Waals surface area contributed by atoms with Gasteiger partial charge in [-0.2, -0.15) is 10.2 Å². The molecular weight excluding hydrogens is 475 g/mol. The Bertz CT molecular complexity index is 1180. The van der Waals surface area contributed by atoms with Crippen LogP contribution in [0.25, 0.3) is 0 Å². The second kappa shape index (κ2) is 10.5. The van der Waals surface area contributed by atoms with E-state index in [1.807, 2.05) is 0 Å². The Morgan fingerprint density at radius 3 is 2.53 bits per heavy atom. The zero-order valence-electron chi connectivity index (χ0n) is 16.7. The summed E-state index contributed by atoms with van der Waals surface area (Å²) in [7, 11) is 0. The third kappa shape index (κ3) is 5.61. The number of halogens is 2. The molecule has 0 bridgehead atoms. The second-order valence-corrected chi connectivity index (χ2v) is 8.34. The molecule has 0 radical (unpaired) electrons. The van der Waals surface area contributed by atoms with Gasteiger partial charge in [-0.25, -0.2) is 5.43 Å². The fourth-order valence-electron chi connectivity index (χ4n) is 2.83. The Morgan fingerprint density at radius 2 is 1.88 bits per heavy atom. The summed E-state index contributed by atoms with van der Waals surface area (Å²) in [6, 6.07) is 11.2. The number of aromatic hydroxyl groups is 1. The summed E-state index contributed by atoms with van der Waals surface area (Å²) in [6.45, 7) is 1.96. The van der Waals surface area contributed by atoms with Crippen LogP contribution < -0.4 is 5.43 Å². The number of aliphatic carboxylic acids is 1. The highest BCUT2D eigenvalue weighted by atomic mass is 35.5. The van der Waals surface area contributed by atoms with Crippen molar-refractivity contribution in [3.63, 3.8) is 0 Å². The van der Waals surface area contributed by atoms with E-state index in [1.165, 1.54) is 18.3 Å². The third-order valence-electron chi connectivity index (χ3n) is 4.34. The van der Waals surface area contributed by atoms with Crippen molar-refractivity contribution in [2.45, 2.75) is 18.5 Å². The van der Waals surface area contributed by atoms with Gasteiger partial charge >= 0.3 is 5.97 Å². The van der Waals surface area contributed by atoms with Gasteiger partial charge in [-0.1, -0.05) is 53.2 Å². The average Bonchev–Trinajstić information content (AvgIpc) is 3.03. The van der Waals surface area contributed by atoms with E-state index in [0.717, 1.165) is 11.8 Å². The number of carboxylic acid groups (broad SMARTS) is 1. The topological polar surface area (TPSA) is 117 Å². The molecular formula is C21H18Cl2N4O4S. The van der Waals surface area contributed by atoms with Crippen molar-refractivity contribution >= 4 is 53.1 Å². The first-order valence-corrected chi connectivity index (χ1v) is 11.0. The molecule has 11 heteroatoms. The van der Waals surface area contributed by atoms with Gasteiger partial charge in [0, 0.05) is 21.2 Å². The van der Waals surface area contributed by atoms with E-state index >= 15 is 0 Å². The Hall–Kier alpha value is -3.01. The number of amides is 1. The van der Waals surface area contributed by atoms with Gasteiger partial charge in [0.1, 0.15) is 10.8 Å². The smallest absolute Gasteiger partial charge is 0.313 e. The number of hydrazone groups is 1. The SMILES string of the molecule is Cc1nn(Cc2c(Cl)cccc2Cl)c(SCC(=O)O)c1/C=N\NC(=O)c1ccccc1O. The Balaban J connectivity index is 1.89. The molecule has 0 spiro atoms. The van der Waals surface area contributed by atoms with Gasteiger partial charge in [0.15, 0.2) is 0 Å². The summed E-state index contributed by atoms with van der Waals surface area (Å²) in [4.78, 5) is 23.4. The molecule has 0 fully saturated rings. The minimum Gasteiger partial charge on any atom is -0.507 e. The molecule has 0 saturated carbocycles. The van der Waals surface area contributed by atoms with Crippen molar-refractivity contribution in [1.29, 1.82) is 0 Å². The molecule has 3 rings (SSSR count). The summed E-state index contributed by atoms with van der Waals surface area (Å²) in [6.07, 6.45) is 1.38. The van der Waals surface area contributed by atoms with E-state index in [9.17, 15) is 14.7 Å². The predicted octanol–water partition coefficient (Wildman–Crippen LogP) is 4.19. The molecule has 0 aliphatic heterocycles. The lowest BCUT2D eigenvalue weighted by Crippen LogP contribution is -2.17. The van der Waals surface area contributed by atoms with Crippen LogP contribution in [0.1, 0.15) is 27.2 Å². The van der Waals surface area contributed by atoms with E-state index in [2.05, 4.69) is 15.6 Å². The molecule has 166 valence electrons. The molecule has 2 aromatic carbocycles. The van der Waals surface area contributed by atoms with Crippen LogP contribution in [0, 0.1) is 6.92 Å². The summed E-state index contributed by atoms with van der Waals surface area (Å²) < 4.78 is 1.60.